The molecule has 1 aromatic heterocycles. The topological polar surface area (TPSA) is 76.5 Å². The number of benzene rings is 1. The lowest BCUT2D eigenvalue weighted by Crippen LogP contribution is -2.07. The number of phenols is 1. The van der Waals surface area contributed by atoms with Gasteiger partial charge in [-0.1, -0.05) is 11.6 Å². The van der Waals surface area contributed by atoms with E-state index in [1.54, 1.807) is 6.07 Å². The quantitative estimate of drug-likeness (QED) is 0.782. The molecule has 1 heterocycles. The Labute approximate surface area is 96.2 Å². The fourth-order valence-corrected chi connectivity index (χ4v) is 1.81. The molecule has 0 unspecified atom stereocenters. The predicted molar refractivity (Wildman–Crippen MR) is 61.9 cm³/mol. The first kappa shape index (κ1) is 11.0. The van der Waals surface area contributed by atoms with Crippen molar-refractivity contribution in [1.29, 1.82) is 0 Å². The van der Waals surface area contributed by atoms with Crippen LogP contribution in [0.2, 0.25) is 5.02 Å². The van der Waals surface area contributed by atoms with Crippen LogP contribution in [0.15, 0.2) is 27.4 Å². The van der Waals surface area contributed by atoms with Crippen molar-refractivity contribution in [3.63, 3.8) is 0 Å². The second-order valence-electron chi connectivity index (χ2n) is 3.40. The lowest BCUT2D eigenvalue weighted by atomic mass is 10.1. The Morgan fingerprint density at radius 2 is 2.19 bits per heavy atom. The van der Waals surface area contributed by atoms with E-state index in [0.717, 1.165) is 5.56 Å². The molecule has 0 aliphatic heterocycles. The summed E-state index contributed by atoms with van der Waals surface area (Å²) < 4.78 is 4.97. The zero-order valence-corrected chi connectivity index (χ0v) is 9.12. The molecular formula is C11H10ClNO3. The third kappa shape index (κ3) is 1.77. The summed E-state index contributed by atoms with van der Waals surface area (Å²) in [6.45, 7) is 0.428. The van der Waals surface area contributed by atoms with Crippen molar-refractivity contribution in [2.45, 2.75) is 6.42 Å². The van der Waals surface area contributed by atoms with Crippen LogP contribution in [0.3, 0.4) is 0 Å². The van der Waals surface area contributed by atoms with Crippen molar-refractivity contribution < 1.29 is 9.52 Å². The maximum Gasteiger partial charge on any atom is 0.336 e. The lowest BCUT2D eigenvalue weighted by Gasteiger charge is -2.05. The van der Waals surface area contributed by atoms with Crippen LogP contribution in [0.5, 0.6) is 5.75 Å². The van der Waals surface area contributed by atoms with Crippen molar-refractivity contribution in [2.75, 3.05) is 6.54 Å². The van der Waals surface area contributed by atoms with Crippen LogP contribution in [0.25, 0.3) is 11.0 Å². The van der Waals surface area contributed by atoms with Gasteiger partial charge < -0.3 is 15.3 Å². The van der Waals surface area contributed by atoms with E-state index >= 15 is 0 Å². The highest BCUT2D eigenvalue weighted by molar-refractivity contribution is 6.36. The third-order valence-corrected chi connectivity index (χ3v) is 2.70. The normalized spacial score (nSPS) is 10.9. The van der Waals surface area contributed by atoms with Gasteiger partial charge in [-0.15, -0.1) is 0 Å². The zero-order chi connectivity index (χ0) is 11.7. The molecule has 5 heteroatoms. The number of halogens is 1. The molecule has 0 atom stereocenters. The summed E-state index contributed by atoms with van der Waals surface area (Å²) in [5.74, 6) is -0.109. The minimum atomic E-state index is -0.497. The highest BCUT2D eigenvalue weighted by Gasteiger charge is 2.11. The highest BCUT2D eigenvalue weighted by Crippen LogP contribution is 2.32. The Bertz CT molecular complexity index is 592. The molecule has 2 aromatic rings. The summed E-state index contributed by atoms with van der Waals surface area (Å²) in [7, 11) is 0. The largest absolute Gasteiger partial charge is 0.506 e. The standard InChI is InChI=1S/C11H10ClNO3/c12-10-8(14)2-1-7-6(3-4-13)5-9(15)16-11(7)10/h1-2,5,14H,3-4,13H2. The number of fused-ring (bicyclic) bond motifs is 1. The van der Waals surface area contributed by atoms with Gasteiger partial charge in [-0.2, -0.15) is 0 Å². The van der Waals surface area contributed by atoms with Gasteiger partial charge in [0.1, 0.15) is 10.8 Å². The lowest BCUT2D eigenvalue weighted by molar-refractivity contribution is 0.473. The van der Waals surface area contributed by atoms with E-state index in [0.29, 0.717) is 18.4 Å². The van der Waals surface area contributed by atoms with Gasteiger partial charge in [-0.3, -0.25) is 0 Å². The smallest absolute Gasteiger partial charge is 0.336 e. The number of rotatable bonds is 2. The monoisotopic (exact) mass is 239 g/mol. The number of aromatic hydroxyl groups is 1. The van der Waals surface area contributed by atoms with Gasteiger partial charge in [0, 0.05) is 11.5 Å². The van der Waals surface area contributed by atoms with E-state index in [9.17, 15) is 9.90 Å². The Morgan fingerprint density at radius 3 is 2.88 bits per heavy atom. The first-order valence-corrected chi connectivity index (χ1v) is 5.15. The van der Waals surface area contributed by atoms with E-state index in [1.807, 2.05) is 0 Å². The Morgan fingerprint density at radius 1 is 1.44 bits per heavy atom. The summed E-state index contributed by atoms with van der Waals surface area (Å²) in [5, 5.41) is 10.2. The van der Waals surface area contributed by atoms with Crippen LogP contribution in [-0.4, -0.2) is 11.7 Å². The zero-order valence-electron chi connectivity index (χ0n) is 8.37. The molecule has 2 rings (SSSR count). The second kappa shape index (κ2) is 4.15. The average Bonchev–Trinajstić information content (AvgIpc) is 2.24. The number of hydrogen-bond acceptors (Lipinski definition) is 4. The maximum atomic E-state index is 11.3. The fraction of sp³-hybridized carbons (Fsp3) is 0.182. The molecule has 0 fully saturated rings. The molecule has 0 aliphatic carbocycles. The Balaban J connectivity index is 2.83. The summed E-state index contributed by atoms with van der Waals surface area (Å²) in [6, 6.07) is 4.51. The molecule has 3 N–H and O–H groups in total. The first-order chi connectivity index (χ1) is 7.63. The van der Waals surface area contributed by atoms with Crippen LogP contribution in [0.1, 0.15) is 5.56 Å². The second-order valence-corrected chi connectivity index (χ2v) is 3.78. The summed E-state index contributed by atoms with van der Waals surface area (Å²) >= 11 is 5.86. The molecule has 0 amide bonds. The maximum absolute atomic E-state index is 11.3. The van der Waals surface area contributed by atoms with Crippen LogP contribution in [-0.2, 0) is 6.42 Å². The molecular weight excluding hydrogens is 230 g/mol. The van der Waals surface area contributed by atoms with Crippen LogP contribution in [0, 0.1) is 0 Å². The summed E-state index contributed by atoms with van der Waals surface area (Å²) in [4.78, 5) is 11.3. The molecule has 0 radical (unpaired) electrons. The molecule has 84 valence electrons. The van der Waals surface area contributed by atoms with Crippen molar-refractivity contribution in [3.8, 4) is 5.75 Å². The van der Waals surface area contributed by atoms with Gasteiger partial charge in [0.2, 0.25) is 0 Å². The van der Waals surface area contributed by atoms with Gasteiger partial charge in [-0.25, -0.2) is 4.79 Å². The van der Waals surface area contributed by atoms with Gasteiger partial charge in [0.15, 0.2) is 5.58 Å². The number of phenolic OH excluding ortho intramolecular Hbond substituents is 1. The third-order valence-electron chi connectivity index (χ3n) is 2.33. The van der Waals surface area contributed by atoms with E-state index in [4.69, 9.17) is 21.8 Å². The Kier molecular flexibility index (Phi) is 2.85. The van der Waals surface area contributed by atoms with Gasteiger partial charge >= 0.3 is 5.63 Å². The highest BCUT2D eigenvalue weighted by atomic mass is 35.5. The van der Waals surface area contributed by atoms with Crippen LogP contribution in [0.4, 0.5) is 0 Å². The molecule has 0 saturated heterocycles. The predicted octanol–water partition coefficient (Wildman–Crippen LogP) is 1.65. The van der Waals surface area contributed by atoms with Crippen LogP contribution < -0.4 is 11.4 Å². The molecule has 0 aliphatic rings. The van der Waals surface area contributed by atoms with Crippen molar-refractivity contribution in [1.82, 2.24) is 0 Å². The average molecular weight is 240 g/mol. The van der Waals surface area contributed by atoms with Gasteiger partial charge in [0.25, 0.3) is 0 Å². The van der Waals surface area contributed by atoms with E-state index in [-0.39, 0.29) is 16.4 Å². The minimum absolute atomic E-state index is 0.0495. The Hall–Kier alpha value is -1.52. The summed E-state index contributed by atoms with van der Waals surface area (Å²) in [5.41, 5.74) is 5.94. The number of hydrogen-bond donors (Lipinski definition) is 2. The van der Waals surface area contributed by atoms with Crippen molar-refractivity contribution in [3.05, 3.63) is 39.2 Å². The van der Waals surface area contributed by atoms with Gasteiger partial charge in [-0.05, 0) is 30.7 Å². The molecule has 0 bridgehead atoms. The van der Waals surface area contributed by atoms with Crippen molar-refractivity contribution >= 4 is 22.6 Å². The molecule has 16 heavy (non-hydrogen) atoms. The molecule has 1 aromatic carbocycles. The van der Waals surface area contributed by atoms with E-state index in [2.05, 4.69) is 0 Å². The molecule has 0 saturated carbocycles. The minimum Gasteiger partial charge on any atom is -0.506 e. The SMILES string of the molecule is NCCc1cc(=O)oc2c(Cl)c(O)ccc12. The van der Waals surface area contributed by atoms with E-state index < -0.39 is 5.63 Å². The van der Waals surface area contributed by atoms with Crippen molar-refractivity contribution in [2.24, 2.45) is 5.73 Å². The number of nitrogens with two attached hydrogens (primary N) is 1. The first-order valence-electron chi connectivity index (χ1n) is 4.77. The molecule has 0 spiro atoms. The van der Waals surface area contributed by atoms with Gasteiger partial charge in [0.05, 0.1) is 0 Å². The molecule has 4 nitrogen and oxygen atoms in total. The van der Waals surface area contributed by atoms with Crippen LogP contribution >= 0.6 is 11.6 Å². The summed E-state index contributed by atoms with van der Waals surface area (Å²) in [6.07, 6.45) is 0.559. The fourth-order valence-electron chi connectivity index (χ4n) is 1.61. The van der Waals surface area contributed by atoms with E-state index in [1.165, 1.54) is 12.1 Å².